The zero-order valence-corrected chi connectivity index (χ0v) is 7.29. The predicted molar refractivity (Wildman–Crippen MR) is 42.8 cm³/mol. The van der Waals surface area contributed by atoms with Crippen molar-refractivity contribution in [1.82, 2.24) is 4.98 Å². The van der Waals surface area contributed by atoms with E-state index in [9.17, 15) is 13.6 Å². The van der Waals surface area contributed by atoms with E-state index < -0.39 is 34.4 Å². The molecular formula is C7H4ClF2NO3. The molecule has 2 N–H and O–H groups in total. The zero-order chi connectivity index (χ0) is 10.9. The number of alkyl halides is 2. The summed E-state index contributed by atoms with van der Waals surface area (Å²) in [5.41, 5.74) is -1.89. The van der Waals surface area contributed by atoms with Crippen molar-refractivity contribution < 1.29 is 23.8 Å². The average molecular weight is 224 g/mol. The van der Waals surface area contributed by atoms with Crippen LogP contribution in [0.4, 0.5) is 8.78 Å². The van der Waals surface area contributed by atoms with Crippen molar-refractivity contribution in [3.8, 4) is 5.75 Å². The highest BCUT2D eigenvalue weighted by Gasteiger charge is 2.25. The second kappa shape index (κ2) is 3.75. The van der Waals surface area contributed by atoms with Crippen LogP contribution >= 0.6 is 11.6 Å². The Balaban J connectivity index is 3.50. The maximum atomic E-state index is 12.3. The minimum Gasteiger partial charge on any atom is -0.505 e. The molecule has 0 fully saturated rings. The van der Waals surface area contributed by atoms with E-state index in [0.29, 0.717) is 6.20 Å². The lowest BCUT2D eigenvalue weighted by Gasteiger charge is -2.07. The van der Waals surface area contributed by atoms with Gasteiger partial charge in [-0.25, -0.2) is 18.6 Å². The molecule has 0 unspecified atom stereocenters. The van der Waals surface area contributed by atoms with Crippen LogP contribution in [0.2, 0.25) is 5.15 Å². The van der Waals surface area contributed by atoms with Gasteiger partial charge in [-0.3, -0.25) is 0 Å². The number of carbonyl (C=O) groups is 1. The highest BCUT2D eigenvalue weighted by Crippen LogP contribution is 2.33. The van der Waals surface area contributed by atoms with E-state index >= 15 is 0 Å². The van der Waals surface area contributed by atoms with Crippen molar-refractivity contribution in [2.75, 3.05) is 0 Å². The van der Waals surface area contributed by atoms with Gasteiger partial charge in [-0.2, -0.15) is 0 Å². The summed E-state index contributed by atoms with van der Waals surface area (Å²) in [6.45, 7) is 0. The lowest BCUT2D eigenvalue weighted by molar-refractivity contribution is 0.0680. The van der Waals surface area contributed by atoms with Crippen molar-refractivity contribution in [2.45, 2.75) is 6.43 Å². The molecule has 1 aromatic rings. The molecule has 1 heterocycles. The molecule has 0 amide bonds. The SMILES string of the molecule is O=C(O)c1c(O)cnc(Cl)c1C(F)F. The molecule has 0 radical (unpaired) electrons. The molecule has 7 heteroatoms. The number of aromatic hydroxyl groups is 1. The first-order valence-electron chi connectivity index (χ1n) is 3.34. The molecule has 0 saturated carbocycles. The Labute approximate surface area is 81.8 Å². The van der Waals surface area contributed by atoms with Gasteiger partial charge in [-0.15, -0.1) is 0 Å². The van der Waals surface area contributed by atoms with Gasteiger partial charge in [0.05, 0.1) is 11.8 Å². The maximum Gasteiger partial charge on any atom is 0.340 e. The minimum absolute atomic E-state index is 0.629. The van der Waals surface area contributed by atoms with E-state index in [1.807, 2.05) is 0 Å². The van der Waals surface area contributed by atoms with Crippen LogP contribution in [0.25, 0.3) is 0 Å². The molecule has 1 aromatic heterocycles. The fourth-order valence-electron chi connectivity index (χ4n) is 0.917. The van der Waals surface area contributed by atoms with E-state index in [1.54, 1.807) is 0 Å². The average Bonchev–Trinajstić information content (AvgIpc) is 2.07. The minimum atomic E-state index is -3.10. The summed E-state index contributed by atoms with van der Waals surface area (Å²) in [4.78, 5) is 13.7. The molecule has 0 aromatic carbocycles. The number of aromatic nitrogens is 1. The second-order valence-electron chi connectivity index (χ2n) is 2.33. The number of hydrogen-bond acceptors (Lipinski definition) is 3. The smallest absolute Gasteiger partial charge is 0.340 e. The highest BCUT2D eigenvalue weighted by atomic mass is 35.5. The van der Waals surface area contributed by atoms with Crippen molar-refractivity contribution in [2.24, 2.45) is 0 Å². The normalized spacial score (nSPS) is 10.6. The van der Waals surface area contributed by atoms with E-state index in [4.69, 9.17) is 21.8 Å². The number of nitrogens with zero attached hydrogens (tertiary/aromatic N) is 1. The lowest BCUT2D eigenvalue weighted by atomic mass is 10.1. The maximum absolute atomic E-state index is 12.3. The van der Waals surface area contributed by atoms with Crippen LogP contribution in [0.3, 0.4) is 0 Å². The van der Waals surface area contributed by atoms with Crippen LogP contribution in [-0.2, 0) is 0 Å². The molecule has 4 nitrogen and oxygen atoms in total. The molecular weight excluding hydrogens is 220 g/mol. The number of pyridine rings is 1. The van der Waals surface area contributed by atoms with Gasteiger partial charge in [0, 0.05) is 0 Å². The molecule has 0 bridgehead atoms. The van der Waals surface area contributed by atoms with Gasteiger partial charge in [0.2, 0.25) is 0 Å². The molecule has 0 atom stereocenters. The Kier molecular flexibility index (Phi) is 2.85. The number of rotatable bonds is 2. The first-order chi connectivity index (χ1) is 6.45. The van der Waals surface area contributed by atoms with Crippen LogP contribution in [-0.4, -0.2) is 21.2 Å². The Bertz CT molecular complexity index is 383. The quantitative estimate of drug-likeness (QED) is 0.753. The summed E-state index contributed by atoms with van der Waals surface area (Å²) >= 11 is 5.27. The zero-order valence-electron chi connectivity index (χ0n) is 6.54. The highest BCUT2D eigenvalue weighted by molar-refractivity contribution is 6.30. The Morgan fingerprint density at radius 1 is 1.57 bits per heavy atom. The Morgan fingerprint density at radius 2 is 2.14 bits per heavy atom. The van der Waals surface area contributed by atoms with Crippen molar-refractivity contribution in [1.29, 1.82) is 0 Å². The van der Waals surface area contributed by atoms with Crippen molar-refractivity contribution in [3.63, 3.8) is 0 Å². The van der Waals surface area contributed by atoms with Gasteiger partial charge in [-0.1, -0.05) is 11.6 Å². The van der Waals surface area contributed by atoms with Gasteiger partial charge >= 0.3 is 5.97 Å². The standard InChI is InChI=1S/C7H4ClF2NO3/c8-5-4(6(9)10)3(7(13)14)2(12)1-11-5/h1,6,12H,(H,13,14). The first-order valence-corrected chi connectivity index (χ1v) is 3.71. The molecule has 0 aliphatic heterocycles. The van der Waals surface area contributed by atoms with Crippen LogP contribution in [0.1, 0.15) is 22.3 Å². The number of carboxylic acids is 1. The number of aromatic carboxylic acids is 1. The molecule has 1 rings (SSSR count). The van der Waals surface area contributed by atoms with Gasteiger partial charge in [0.1, 0.15) is 16.5 Å². The predicted octanol–water partition coefficient (Wildman–Crippen LogP) is 2.08. The molecule has 0 aliphatic carbocycles. The lowest BCUT2D eigenvalue weighted by Crippen LogP contribution is -2.05. The topological polar surface area (TPSA) is 70.4 Å². The number of halogens is 3. The molecule has 0 saturated heterocycles. The Morgan fingerprint density at radius 3 is 2.50 bits per heavy atom. The summed E-state index contributed by atoms with van der Waals surface area (Å²) in [6.07, 6.45) is -2.40. The van der Waals surface area contributed by atoms with E-state index in [-0.39, 0.29) is 0 Å². The van der Waals surface area contributed by atoms with Gasteiger partial charge in [0.15, 0.2) is 0 Å². The monoisotopic (exact) mass is 223 g/mol. The van der Waals surface area contributed by atoms with E-state index in [1.165, 1.54) is 0 Å². The van der Waals surface area contributed by atoms with Gasteiger partial charge in [-0.05, 0) is 0 Å². The summed E-state index contributed by atoms with van der Waals surface area (Å²) in [7, 11) is 0. The summed E-state index contributed by atoms with van der Waals surface area (Å²) in [5.74, 6) is -2.51. The Hall–Kier alpha value is -1.43. The molecule has 14 heavy (non-hydrogen) atoms. The molecule has 76 valence electrons. The largest absolute Gasteiger partial charge is 0.505 e. The van der Waals surface area contributed by atoms with Crippen molar-refractivity contribution in [3.05, 3.63) is 22.5 Å². The number of hydrogen-bond donors (Lipinski definition) is 2. The van der Waals surface area contributed by atoms with Crippen LogP contribution in [0.5, 0.6) is 5.75 Å². The first kappa shape index (κ1) is 10.6. The van der Waals surface area contributed by atoms with Crippen LogP contribution in [0, 0.1) is 0 Å². The van der Waals surface area contributed by atoms with Gasteiger partial charge < -0.3 is 10.2 Å². The third-order valence-corrected chi connectivity index (χ3v) is 1.78. The van der Waals surface area contributed by atoms with E-state index in [0.717, 1.165) is 0 Å². The van der Waals surface area contributed by atoms with Crippen LogP contribution in [0.15, 0.2) is 6.20 Å². The summed E-state index contributed by atoms with van der Waals surface area (Å²) < 4.78 is 24.7. The van der Waals surface area contributed by atoms with Crippen LogP contribution < -0.4 is 0 Å². The van der Waals surface area contributed by atoms with E-state index in [2.05, 4.69) is 4.98 Å². The second-order valence-corrected chi connectivity index (χ2v) is 2.69. The van der Waals surface area contributed by atoms with Gasteiger partial charge in [0.25, 0.3) is 6.43 Å². The molecule has 0 aliphatic rings. The molecule has 0 spiro atoms. The third kappa shape index (κ3) is 1.74. The number of carboxylic acid groups (broad SMARTS) is 1. The fraction of sp³-hybridized carbons (Fsp3) is 0.143. The summed E-state index contributed by atoms with van der Waals surface area (Å²) in [6, 6.07) is 0. The third-order valence-electron chi connectivity index (χ3n) is 1.48. The van der Waals surface area contributed by atoms with Crippen molar-refractivity contribution >= 4 is 17.6 Å². The fourth-order valence-corrected chi connectivity index (χ4v) is 1.14. The summed E-state index contributed by atoms with van der Waals surface area (Å²) in [5, 5.41) is 16.9.